The van der Waals surface area contributed by atoms with Gasteiger partial charge in [-0.2, -0.15) is 0 Å². The molecule has 0 saturated carbocycles. The summed E-state index contributed by atoms with van der Waals surface area (Å²) < 4.78 is 20.3. The second-order valence-corrected chi connectivity index (χ2v) is 9.06. The molecule has 1 atom stereocenters. The molecule has 0 spiro atoms. The van der Waals surface area contributed by atoms with Crippen LogP contribution in [0.4, 0.5) is 4.39 Å². The highest BCUT2D eigenvalue weighted by Gasteiger charge is 2.31. The van der Waals surface area contributed by atoms with E-state index in [1.807, 2.05) is 63.2 Å². The van der Waals surface area contributed by atoms with Gasteiger partial charge in [-0.05, 0) is 36.6 Å². The Bertz CT molecular complexity index is 1100. The molecule has 0 bridgehead atoms. The summed E-state index contributed by atoms with van der Waals surface area (Å²) in [6.45, 7) is 6.14. The fourth-order valence-electron chi connectivity index (χ4n) is 3.65. The molecule has 0 aliphatic rings. The normalized spacial score (nSPS) is 11.7. The molecule has 0 aliphatic heterocycles. The van der Waals surface area contributed by atoms with Crippen molar-refractivity contribution in [2.45, 2.75) is 39.8 Å². The Morgan fingerprint density at radius 3 is 2.26 bits per heavy atom. The standard InChI is InChI=1S/C29H33FN2O3/c1-21(2)18-31-29(34)27(17-23-9-5-4-6-10-23)32(19-24-11-7-8-12-26(24)30)28(33)20-35-25-15-13-22(3)14-16-25/h4-16,21,27H,17-20H2,1-3H3,(H,31,34). The summed E-state index contributed by atoms with van der Waals surface area (Å²) in [7, 11) is 0. The molecule has 0 aliphatic carbocycles. The summed E-state index contributed by atoms with van der Waals surface area (Å²) >= 11 is 0. The van der Waals surface area contributed by atoms with Gasteiger partial charge >= 0.3 is 0 Å². The SMILES string of the molecule is Cc1ccc(OCC(=O)N(Cc2ccccc2F)C(Cc2ccccc2)C(=O)NCC(C)C)cc1. The zero-order chi connectivity index (χ0) is 25.2. The quantitative estimate of drug-likeness (QED) is 0.427. The van der Waals surface area contributed by atoms with Crippen LogP contribution in [0.3, 0.4) is 0 Å². The zero-order valence-corrected chi connectivity index (χ0v) is 20.5. The number of carbonyl (C=O) groups is 2. The summed E-state index contributed by atoms with van der Waals surface area (Å²) in [6, 6.07) is 22.4. The molecule has 1 unspecified atom stereocenters. The summed E-state index contributed by atoms with van der Waals surface area (Å²) in [5.74, 6) is -0.293. The fraction of sp³-hybridized carbons (Fsp3) is 0.310. The molecule has 3 aromatic carbocycles. The topological polar surface area (TPSA) is 58.6 Å². The first kappa shape index (κ1) is 25.9. The highest BCUT2D eigenvalue weighted by Crippen LogP contribution is 2.18. The maximum atomic E-state index is 14.6. The van der Waals surface area contributed by atoms with Gasteiger partial charge in [-0.15, -0.1) is 0 Å². The first-order valence-electron chi connectivity index (χ1n) is 11.9. The highest BCUT2D eigenvalue weighted by molar-refractivity contribution is 5.88. The molecule has 3 aromatic rings. The van der Waals surface area contributed by atoms with Crippen molar-refractivity contribution >= 4 is 11.8 Å². The molecular formula is C29H33FN2O3. The van der Waals surface area contributed by atoms with Gasteiger partial charge in [0.25, 0.3) is 5.91 Å². The van der Waals surface area contributed by atoms with Crippen LogP contribution in [0.5, 0.6) is 5.75 Å². The van der Waals surface area contributed by atoms with E-state index in [4.69, 9.17) is 4.74 Å². The number of hydrogen-bond donors (Lipinski definition) is 1. The van der Waals surface area contributed by atoms with Crippen molar-refractivity contribution in [3.63, 3.8) is 0 Å². The third kappa shape index (κ3) is 7.95. The third-order valence-electron chi connectivity index (χ3n) is 5.64. The largest absolute Gasteiger partial charge is 0.484 e. The van der Waals surface area contributed by atoms with Crippen molar-refractivity contribution in [1.82, 2.24) is 10.2 Å². The van der Waals surface area contributed by atoms with E-state index in [9.17, 15) is 14.0 Å². The van der Waals surface area contributed by atoms with Crippen molar-refractivity contribution < 1.29 is 18.7 Å². The van der Waals surface area contributed by atoms with E-state index in [0.717, 1.165) is 11.1 Å². The van der Waals surface area contributed by atoms with Crippen molar-refractivity contribution in [3.05, 3.63) is 101 Å². The second kappa shape index (κ2) is 12.7. The van der Waals surface area contributed by atoms with Gasteiger partial charge in [0.1, 0.15) is 17.6 Å². The summed E-state index contributed by atoms with van der Waals surface area (Å²) in [5.41, 5.74) is 2.32. The molecule has 0 saturated heterocycles. The van der Waals surface area contributed by atoms with Crippen LogP contribution in [0.1, 0.15) is 30.5 Å². The van der Waals surface area contributed by atoms with Crippen molar-refractivity contribution in [3.8, 4) is 5.75 Å². The number of amides is 2. The Morgan fingerprint density at radius 1 is 0.943 bits per heavy atom. The minimum atomic E-state index is -0.829. The Labute approximate surface area is 206 Å². The molecule has 184 valence electrons. The maximum absolute atomic E-state index is 14.6. The van der Waals surface area contributed by atoms with Crippen LogP contribution in [0.2, 0.25) is 0 Å². The number of hydrogen-bond acceptors (Lipinski definition) is 3. The van der Waals surface area contributed by atoms with Crippen LogP contribution in [0.15, 0.2) is 78.9 Å². The molecule has 0 radical (unpaired) electrons. The molecular weight excluding hydrogens is 443 g/mol. The third-order valence-corrected chi connectivity index (χ3v) is 5.64. The minimum Gasteiger partial charge on any atom is -0.484 e. The van der Waals surface area contributed by atoms with Crippen LogP contribution in [-0.2, 0) is 22.6 Å². The lowest BCUT2D eigenvalue weighted by Gasteiger charge is -2.31. The first-order valence-corrected chi connectivity index (χ1v) is 11.9. The van der Waals surface area contributed by atoms with Gasteiger partial charge < -0.3 is 15.0 Å². The predicted octanol–water partition coefficient (Wildman–Crippen LogP) is 4.93. The Morgan fingerprint density at radius 2 is 1.60 bits per heavy atom. The maximum Gasteiger partial charge on any atom is 0.261 e. The van der Waals surface area contributed by atoms with Crippen molar-refractivity contribution in [2.75, 3.05) is 13.2 Å². The van der Waals surface area contributed by atoms with E-state index < -0.39 is 17.8 Å². The molecule has 35 heavy (non-hydrogen) atoms. The van der Waals surface area contributed by atoms with E-state index in [1.54, 1.807) is 30.3 Å². The Kier molecular flexibility index (Phi) is 9.41. The van der Waals surface area contributed by atoms with Crippen LogP contribution in [0, 0.1) is 18.7 Å². The number of ether oxygens (including phenoxy) is 1. The number of carbonyl (C=O) groups excluding carboxylic acids is 2. The molecule has 1 N–H and O–H groups in total. The van der Waals surface area contributed by atoms with Crippen LogP contribution in [0.25, 0.3) is 0 Å². The molecule has 0 aromatic heterocycles. The van der Waals surface area contributed by atoms with Gasteiger partial charge in [-0.25, -0.2) is 4.39 Å². The number of nitrogens with one attached hydrogen (secondary N) is 1. The average molecular weight is 477 g/mol. The van der Waals surface area contributed by atoms with Crippen LogP contribution < -0.4 is 10.1 Å². The Balaban J connectivity index is 1.90. The van der Waals surface area contributed by atoms with E-state index in [1.165, 1.54) is 11.0 Å². The second-order valence-electron chi connectivity index (χ2n) is 9.06. The number of nitrogens with zero attached hydrogens (tertiary/aromatic N) is 1. The van der Waals surface area contributed by atoms with E-state index >= 15 is 0 Å². The van der Waals surface area contributed by atoms with E-state index in [2.05, 4.69) is 5.32 Å². The lowest BCUT2D eigenvalue weighted by Crippen LogP contribution is -2.52. The lowest BCUT2D eigenvalue weighted by atomic mass is 10.0. The van der Waals surface area contributed by atoms with E-state index in [0.29, 0.717) is 24.3 Å². The number of rotatable bonds is 11. The molecule has 0 heterocycles. The van der Waals surface area contributed by atoms with Crippen molar-refractivity contribution in [1.29, 1.82) is 0 Å². The van der Waals surface area contributed by atoms with Crippen molar-refractivity contribution in [2.24, 2.45) is 5.92 Å². The lowest BCUT2D eigenvalue weighted by molar-refractivity contribution is -0.142. The molecule has 6 heteroatoms. The zero-order valence-electron chi connectivity index (χ0n) is 20.5. The average Bonchev–Trinajstić information content (AvgIpc) is 2.85. The van der Waals surface area contributed by atoms with Gasteiger partial charge in [0.05, 0.1) is 0 Å². The number of aryl methyl sites for hydroxylation is 1. The van der Waals surface area contributed by atoms with Crippen LogP contribution in [-0.4, -0.2) is 35.9 Å². The smallest absolute Gasteiger partial charge is 0.261 e. The van der Waals surface area contributed by atoms with Crippen LogP contribution >= 0.6 is 0 Å². The summed E-state index contributed by atoms with van der Waals surface area (Å²) in [5, 5.41) is 2.95. The predicted molar refractivity (Wildman–Crippen MR) is 135 cm³/mol. The molecule has 2 amide bonds. The molecule has 3 rings (SSSR count). The summed E-state index contributed by atoms with van der Waals surface area (Å²) in [4.78, 5) is 28.2. The summed E-state index contributed by atoms with van der Waals surface area (Å²) in [6.07, 6.45) is 0.301. The van der Waals surface area contributed by atoms with Gasteiger partial charge in [-0.3, -0.25) is 9.59 Å². The first-order chi connectivity index (χ1) is 16.8. The van der Waals surface area contributed by atoms with Gasteiger partial charge in [0.2, 0.25) is 5.91 Å². The molecule has 5 nitrogen and oxygen atoms in total. The monoisotopic (exact) mass is 476 g/mol. The van der Waals surface area contributed by atoms with Gasteiger partial charge in [0.15, 0.2) is 6.61 Å². The molecule has 0 fully saturated rings. The fourth-order valence-corrected chi connectivity index (χ4v) is 3.65. The van der Waals surface area contributed by atoms with Gasteiger partial charge in [0, 0.05) is 25.1 Å². The Hall–Kier alpha value is -3.67. The van der Waals surface area contributed by atoms with E-state index in [-0.39, 0.29) is 25.0 Å². The van der Waals surface area contributed by atoms with Gasteiger partial charge in [-0.1, -0.05) is 80.1 Å². The number of benzene rings is 3. The number of halogens is 1. The minimum absolute atomic E-state index is 0.0463. The highest BCUT2D eigenvalue weighted by atomic mass is 19.1.